The lowest BCUT2D eigenvalue weighted by atomic mass is 9.59. The number of aryl methyl sites for hydroxylation is 1. The van der Waals surface area contributed by atoms with E-state index in [1.807, 2.05) is 0 Å². The van der Waals surface area contributed by atoms with Crippen molar-refractivity contribution >= 4 is 27.6 Å². The molecule has 1 unspecified atom stereocenters. The van der Waals surface area contributed by atoms with Gasteiger partial charge in [0.1, 0.15) is 6.04 Å². The number of carboxylic acid groups (broad SMARTS) is 1. The molecule has 2 aliphatic rings. The number of hydrogen-bond donors (Lipinski definition) is 1. The number of pyridine rings is 1. The monoisotopic (exact) mass is 330 g/mol. The van der Waals surface area contributed by atoms with E-state index in [4.69, 9.17) is 11.6 Å². The zero-order valence-corrected chi connectivity index (χ0v) is 13.0. The molecule has 1 N–H and O–H groups in total. The van der Waals surface area contributed by atoms with E-state index in [2.05, 4.69) is 4.98 Å². The minimum absolute atomic E-state index is 0.118. The molecule has 1 aromatic rings. The van der Waals surface area contributed by atoms with Crippen LogP contribution in [0.3, 0.4) is 0 Å². The predicted octanol–water partition coefficient (Wildman–Crippen LogP) is 1.67. The summed E-state index contributed by atoms with van der Waals surface area (Å²) in [4.78, 5) is 15.4. The van der Waals surface area contributed by atoms with Crippen molar-refractivity contribution in [3.63, 3.8) is 0 Å². The number of carboxylic acids is 1. The summed E-state index contributed by atoms with van der Waals surface area (Å²) in [5, 5.41) is 9.61. The molecule has 2 fully saturated rings. The fourth-order valence-corrected chi connectivity index (χ4v) is 5.37. The van der Waals surface area contributed by atoms with E-state index in [0.717, 1.165) is 23.6 Å². The quantitative estimate of drug-likeness (QED) is 0.910. The number of aromatic nitrogens is 1. The number of nitrogens with zero attached hydrogens (tertiary/aromatic N) is 2. The van der Waals surface area contributed by atoms with Crippen molar-refractivity contribution in [1.82, 2.24) is 9.29 Å². The number of carbonyl (C=O) groups is 1. The minimum atomic E-state index is -3.91. The Hall–Kier alpha value is -1.18. The summed E-state index contributed by atoms with van der Waals surface area (Å²) in [5.41, 5.74) is 0.0420. The highest BCUT2D eigenvalue weighted by Crippen LogP contribution is 2.54. The third-order valence-corrected chi connectivity index (χ3v) is 6.55. The molecule has 6 nitrogen and oxygen atoms in total. The van der Waals surface area contributed by atoms with Crippen LogP contribution in [0.4, 0.5) is 0 Å². The van der Waals surface area contributed by atoms with Crippen molar-refractivity contribution in [1.29, 1.82) is 0 Å². The van der Waals surface area contributed by atoms with Crippen LogP contribution in [0.2, 0.25) is 5.02 Å². The van der Waals surface area contributed by atoms with Gasteiger partial charge in [0.2, 0.25) is 0 Å². The maximum Gasteiger partial charge on any atom is 0.322 e. The number of halogens is 1. The van der Waals surface area contributed by atoms with E-state index in [-0.39, 0.29) is 17.0 Å². The topological polar surface area (TPSA) is 87.6 Å². The summed E-state index contributed by atoms with van der Waals surface area (Å²) in [5.74, 6) is -1.09. The Morgan fingerprint density at radius 2 is 2.19 bits per heavy atom. The molecule has 1 saturated heterocycles. The summed E-state index contributed by atoms with van der Waals surface area (Å²) in [6.07, 6.45) is 3.75. The predicted molar refractivity (Wildman–Crippen MR) is 75.6 cm³/mol. The molecule has 0 aromatic carbocycles. The molecule has 8 heteroatoms. The first-order valence-electron chi connectivity index (χ1n) is 6.65. The average molecular weight is 331 g/mol. The van der Waals surface area contributed by atoms with Crippen LogP contribution in [0, 0.1) is 12.3 Å². The van der Waals surface area contributed by atoms with Gasteiger partial charge in [-0.15, -0.1) is 0 Å². The van der Waals surface area contributed by atoms with Crippen LogP contribution < -0.4 is 0 Å². The molecular weight excluding hydrogens is 316 g/mol. The second kappa shape index (κ2) is 4.66. The van der Waals surface area contributed by atoms with Crippen molar-refractivity contribution < 1.29 is 18.3 Å². The Morgan fingerprint density at radius 3 is 2.67 bits per heavy atom. The zero-order valence-electron chi connectivity index (χ0n) is 11.4. The van der Waals surface area contributed by atoms with Crippen LogP contribution in [0.5, 0.6) is 0 Å². The van der Waals surface area contributed by atoms with E-state index < -0.39 is 22.0 Å². The van der Waals surface area contributed by atoms with Crippen molar-refractivity contribution in [3.8, 4) is 0 Å². The van der Waals surface area contributed by atoms with Crippen LogP contribution in [0.15, 0.2) is 17.3 Å². The van der Waals surface area contributed by atoms with Gasteiger partial charge in [-0.05, 0) is 31.4 Å². The lowest BCUT2D eigenvalue weighted by Gasteiger charge is -2.59. The fraction of sp³-hybridized carbons (Fsp3) is 0.538. The van der Waals surface area contributed by atoms with Gasteiger partial charge in [0.25, 0.3) is 10.0 Å². The Kier molecular flexibility index (Phi) is 3.27. The first-order chi connectivity index (χ1) is 9.78. The molecule has 1 aliphatic carbocycles. The minimum Gasteiger partial charge on any atom is -0.480 e. The lowest BCUT2D eigenvalue weighted by molar-refractivity contribution is -0.164. The Balaban J connectivity index is 1.97. The molecule has 0 radical (unpaired) electrons. The maximum atomic E-state index is 12.6. The molecular formula is C13H15ClN2O4S. The van der Waals surface area contributed by atoms with Crippen LogP contribution in [0.1, 0.15) is 24.8 Å². The van der Waals surface area contributed by atoms with Gasteiger partial charge in [-0.25, -0.2) is 13.4 Å². The molecule has 1 atom stereocenters. The van der Waals surface area contributed by atoms with Gasteiger partial charge < -0.3 is 5.11 Å². The SMILES string of the molecule is Cc1cc(Cl)cnc1S(=O)(=O)N1CC2(CCC2)C1C(=O)O. The molecule has 2 heterocycles. The maximum absolute atomic E-state index is 12.6. The summed E-state index contributed by atoms with van der Waals surface area (Å²) in [7, 11) is -3.91. The molecule has 1 spiro atoms. The van der Waals surface area contributed by atoms with Crippen molar-refractivity contribution in [2.24, 2.45) is 5.41 Å². The highest BCUT2D eigenvalue weighted by Gasteiger charge is 2.63. The molecule has 1 aromatic heterocycles. The van der Waals surface area contributed by atoms with Gasteiger partial charge in [-0.1, -0.05) is 18.0 Å². The van der Waals surface area contributed by atoms with Crippen molar-refractivity contribution in [3.05, 3.63) is 22.8 Å². The first kappa shape index (κ1) is 14.7. The Bertz CT molecular complexity index is 715. The highest BCUT2D eigenvalue weighted by molar-refractivity contribution is 7.89. The first-order valence-corrected chi connectivity index (χ1v) is 8.47. The van der Waals surface area contributed by atoms with E-state index in [1.54, 1.807) is 6.92 Å². The van der Waals surface area contributed by atoms with Crippen molar-refractivity contribution in [2.75, 3.05) is 6.54 Å². The van der Waals surface area contributed by atoms with E-state index in [9.17, 15) is 18.3 Å². The molecule has 21 heavy (non-hydrogen) atoms. The zero-order chi connectivity index (χ0) is 15.4. The summed E-state index contributed by atoms with van der Waals surface area (Å²) in [6.45, 7) is 1.86. The van der Waals surface area contributed by atoms with Gasteiger partial charge in [0.15, 0.2) is 5.03 Å². The normalized spacial score (nSPS) is 24.4. The van der Waals surface area contributed by atoms with E-state index >= 15 is 0 Å². The van der Waals surface area contributed by atoms with Crippen LogP contribution >= 0.6 is 11.6 Å². The fourth-order valence-electron chi connectivity index (χ4n) is 3.26. The Morgan fingerprint density at radius 1 is 1.52 bits per heavy atom. The smallest absolute Gasteiger partial charge is 0.322 e. The van der Waals surface area contributed by atoms with E-state index in [0.29, 0.717) is 10.6 Å². The highest BCUT2D eigenvalue weighted by atomic mass is 35.5. The largest absolute Gasteiger partial charge is 0.480 e. The molecule has 1 saturated carbocycles. The van der Waals surface area contributed by atoms with Crippen LogP contribution in [0.25, 0.3) is 0 Å². The molecule has 114 valence electrons. The summed E-state index contributed by atoms with van der Waals surface area (Å²) in [6, 6.07) is 0.531. The van der Waals surface area contributed by atoms with Gasteiger partial charge in [-0.2, -0.15) is 4.31 Å². The second-order valence-electron chi connectivity index (χ2n) is 5.78. The van der Waals surface area contributed by atoms with Crippen LogP contribution in [-0.4, -0.2) is 41.4 Å². The Labute approximate surface area is 127 Å². The standard InChI is InChI=1S/C13H15ClN2O4S/c1-8-5-9(14)6-15-11(8)21(19,20)16-7-13(3-2-4-13)10(16)12(17)18/h5-6,10H,2-4,7H2,1H3,(H,17,18). The van der Waals surface area contributed by atoms with Gasteiger partial charge in [0.05, 0.1) is 5.02 Å². The van der Waals surface area contributed by atoms with E-state index in [1.165, 1.54) is 12.3 Å². The van der Waals surface area contributed by atoms with Gasteiger partial charge in [-0.3, -0.25) is 4.79 Å². The lowest BCUT2D eigenvalue weighted by Crippen LogP contribution is -2.71. The number of sulfonamides is 1. The molecule has 0 bridgehead atoms. The van der Waals surface area contributed by atoms with Crippen LogP contribution in [-0.2, 0) is 14.8 Å². The second-order valence-corrected chi connectivity index (χ2v) is 8.02. The number of hydrogen-bond acceptors (Lipinski definition) is 4. The number of rotatable bonds is 3. The van der Waals surface area contributed by atoms with Crippen molar-refractivity contribution in [2.45, 2.75) is 37.3 Å². The number of aliphatic carboxylic acids is 1. The third-order valence-electron chi connectivity index (χ3n) is 4.47. The molecule has 0 amide bonds. The third kappa shape index (κ3) is 2.06. The molecule has 1 aliphatic heterocycles. The van der Waals surface area contributed by atoms with Gasteiger partial charge in [0, 0.05) is 18.2 Å². The molecule has 3 rings (SSSR count). The summed E-state index contributed by atoms with van der Waals surface area (Å²) < 4.78 is 26.3. The van der Waals surface area contributed by atoms with Gasteiger partial charge >= 0.3 is 5.97 Å². The summed E-state index contributed by atoms with van der Waals surface area (Å²) >= 11 is 5.79. The average Bonchev–Trinajstić information content (AvgIpc) is 2.23.